The number of anilines is 1. The first kappa shape index (κ1) is 21.2. The van der Waals surface area contributed by atoms with E-state index in [1.165, 1.54) is 4.68 Å². The van der Waals surface area contributed by atoms with Gasteiger partial charge in [0.2, 0.25) is 0 Å². The van der Waals surface area contributed by atoms with Crippen molar-refractivity contribution >= 4 is 16.6 Å². The number of benzene rings is 2. The first-order chi connectivity index (χ1) is 16.1. The fourth-order valence-electron chi connectivity index (χ4n) is 4.48. The maximum absolute atomic E-state index is 13.2. The van der Waals surface area contributed by atoms with E-state index in [-0.39, 0.29) is 5.56 Å². The van der Waals surface area contributed by atoms with Crippen molar-refractivity contribution in [3.8, 4) is 22.6 Å². The zero-order valence-electron chi connectivity index (χ0n) is 19.1. The number of methoxy groups -OCH3 is 1. The summed E-state index contributed by atoms with van der Waals surface area (Å²) >= 11 is 0. The highest BCUT2D eigenvalue weighted by molar-refractivity contribution is 5.86. The van der Waals surface area contributed by atoms with E-state index in [1.54, 1.807) is 19.5 Å². The van der Waals surface area contributed by atoms with E-state index in [2.05, 4.69) is 27.2 Å². The van der Waals surface area contributed by atoms with E-state index in [0.717, 1.165) is 53.2 Å². The Kier molecular flexibility index (Phi) is 5.56. The molecule has 1 fully saturated rings. The molecule has 2 aromatic heterocycles. The molecule has 0 bridgehead atoms. The summed E-state index contributed by atoms with van der Waals surface area (Å²) in [4.78, 5) is 20.0. The van der Waals surface area contributed by atoms with Crippen LogP contribution in [0.15, 0.2) is 65.7 Å². The molecule has 3 heterocycles. The van der Waals surface area contributed by atoms with Crippen molar-refractivity contribution in [2.45, 2.75) is 19.4 Å². The monoisotopic (exact) mass is 441 g/mol. The first-order valence-electron chi connectivity index (χ1n) is 11.1. The molecule has 0 spiro atoms. The number of rotatable bonds is 5. The van der Waals surface area contributed by atoms with Gasteiger partial charge in [0, 0.05) is 24.5 Å². The van der Waals surface area contributed by atoms with Gasteiger partial charge in [0.25, 0.3) is 5.56 Å². The second kappa shape index (κ2) is 8.67. The molecule has 5 rings (SSSR count). The smallest absolute Gasteiger partial charge is 0.279 e. The molecule has 1 atom stereocenters. The number of likely N-dealkylation sites (N-methyl/N-ethyl adjacent to an activating group) is 1. The van der Waals surface area contributed by atoms with Gasteiger partial charge in [0.05, 0.1) is 30.6 Å². The van der Waals surface area contributed by atoms with Crippen molar-refractivity contribution in [1.82, 2.24) is 20.1 Å². The number of hydrogen-bond acceptors (Lipinski definition) is 6. The van der Waals surface area contributed by atoms with E-state index >= 15 is 0 Å². The molecule has 4 aromatic rings. The lowest BCUT2D eigenvalue weighted by Crippen LogP contribution is -2.29. The van der Waals surface area contributed by atoms with Crippen molar-refractivity contribution in [3.63, 3.8) is 0 Å². The minimum absolute atomic E-state index is 0.156. The van der Waals surface area contributed by atoms with Crippen LogP contribution in [0.1, 0.15) is 12.0 Å². The Hall–Kier alpha value is -3.71. The van der Waals surface area contributed by atoms with Crippen LogP contribution in [0.3, 0.4) is 0 Å². The summed E-state index contributed by atoms with van der Waals surface area (Å²) in [5.74, 6) is 1.75. The third-order valence-electron chi connectivity index (χ3n) is 6.43. The quantitative estimate of drug-likeness (QED) is 0.511. The minimum atomic E-state index is -0.156. The molecule has 33 heavy (non-hydrogen) atoms. The average Bonchev–Trinajstić information content (AvgIpc) is 3.33. The number of aryl methyl sites for hydroxylation is 1. The van der Waals surface area contributed by atoms with Crippen molar-refractivity contribution in [1.29, 1.82) is 0 Å². The van der Waals surface area contributed by atoms with Gasteiger partial charge in [-0.3, -0.25) is 4.79 Å². The number of aromatic nitrogens is 3. The summed E-state index contributed by atoms with van der Waals surface area (Å²) in [5, 5.41) is 9.19. The molecule has 0 unspecified atom stereocenters. The number of hydrogen-bond donors (Lipinski definition) is 1. The van der Waals surface area contributed by atoms with Gasteiger partial charge >= 0.3 is 0 Å². The van der Waals surface area contributed by atoms with Crippen LogP contribution in [0, 0.1) is 6.92 Å². The molecule has 0 aliphatic carbocycles. The predicted octanol–water partition coefficient (Wildman–Crippen LogP) is 3.56. The standard InChI is InChI=1S/C26H27N5O2/c1-17-12-22(33-3)6-8-23(17)18-4-7-24-19(13-18)14-29-31(26(24)32)21-5-9-25(28-15-21)30-11-10-20(16-30)27-2/h4-9,12-15,20,27H,10-11,16H2,1-3H3/t20-/m0/s1. The number of fused-ring (bicyclic) bond motifs is 1. The molecule has 1 N–H and O–H groups in total. The summed E-state index contributed by atoms with van der Waals surface area (Å²) in [7, 11) is 3.65. The van der Waals surface area contributed by atoms with Crippen LogP contribution in [-0.2, 0) is 0 Å². The van der Waals surface area contributed by atoms with Crippen molar-refractivity contribution in [2.24, 2.45) is 0 Å². The lowest BCUT2D eigenvalue weighted by atomic mass is 9.98. The molecule has 168 valence electrons. The normalized spacial score (nSPS) is 15.8. The van der Waals surface area contributed by atoms with Crippen LogP contribution in [-0.4, -0.2) is 48.1 Å². The van der Waals surface area contributed by atoms with E-state index in [1.807, 2.05) is 55.6 Å². The summed E-state index contributed by atoms with van der Waals surface area (Å²) in [6.07, 6.45) is 4.56. The molecule has 7 heteroatoms. The number of pyridine rings is 1. The Morgan fingerprint density at radius 2 is 1.97 bits per heavy atom. The minimum Gasteiger partial charge on any atom is -0.497 e. The van der Waals surface area contributed by atoms with Gasteiger partial charge < -0.3 is 15.0 Å². The van der Waals surface area contributed by atoms with Gasteiger partial charge in [-0.25, -0.2) is 4.98 Å². The Balaban J connectivity index is 1.45. The average molecular weight is 442 g/mol. The fraction of sp³-hybridized carbons (Fsp3) is 0.269. The highest BCUT2D eigenvalue weighted by atomic mass is 16.5. The maximum Gasteiger partial charge on any atom is 0.279 e. The van der Waals surface area contributed by atoms with Crippen LogP contribution >= 0.6 is 0 Å². The Bertz CT molecular complexity index is 1360. The van der Waals surface area contributed by atoms with E-state index in [0.29, 0.717) is 17.1 Å². The highest BCUT2D eigenvalue weighted by Crippen LogP contribution is 2.28. The molecule has 0 saturated carbocycles. The van der Waals surface area contributed by atoms with Crippen LogP contribution in [0.5, 0.6) is 5.75 Å². The van der Waals surface area contributed by atoms with Gasteiger partial charge in [-0.15, -0.1) is 0 Å². The number of ether oxygens (including phenoxy) is 1. The summed E-state index contributed by atoms with van der Waals surface area (Å²) in [5.41, 5.74) is 3.75. The summed E-state index contributed by atoms with van der Waals surface area (Å²) < 4.78 is 6.72. The lowest BCUT2D eigenvalue weighted by molar-refractivity contribution is 0.414. The number of nitrogens with one attached hydrogen (secondary N) is 1. The third kappa shape index (κ3) is 3.96. The van der Waals surface area contributed by atoms with E-state index < -0.39 is 0 Å². The third-order valence-corrected chi connectivity index (χ3v) is 6.43. The SMILES string of the molecule is CN[C@H]1CCN(c2ccc(-n3ncc4cc(-c5ccc(OC)cc5C)ccc4c3=O)cn2)C1. The van der Waals surface area contributed by atoms with Crippen molar-refractivity contribution in [2.75, 3.05) is 32.1 Å². The second-order valence-corrected chi connectivity index (χ2v) is 8.44. The topological polar surface area (TPSA) is 72.3 Å². The van der Waals surface area contributed by atoms with Gasteiger partial charge in [0.15, 0.2) is 0 Å². The van der Waals surface area contributed by atoms with Gasteiger partial charge in [-0.2, -0.15) is 9.78 Å². The van der Waals surface area contributed by atoms with Crippen molar-refractivity contribution < 1.29 is 4.74 Å². The second-order valence-electron chi connectivity index (χ2n) is 8.44. The molecular weight excluding hydrogens is 414 g/mol. The predicted molar refractivity (Wildman–Crippen MR) is 132 cm³/mol. The van der Waals surface area contributed by atoms with Gasteiger partial charge in [-0.1, -0.05) is 12.1 Å². The number of nitrogens with zero attached hydrogens (tertiary/aromatic N) is 4. The Labute approximate surface area is 192 Å². The van der Waals surface area contributed by atoms with Crippen LogP contribution in [0.25, 0.3) is 27.6 Å². The maximum atomic E-state index is 13.2. The van der Waals surface area contributed by atoms with Crippen molar-refractivity contribution in [3.05, 3.63) is 76.8 Å². The van der Waals surface area contributed by atoms with Crippen LogP contribution < -0.4 is 20.5 Å². The lowest BCUT2D eigenvalue weighted by Gasteiger charge is -2.17. The molecule has 0 radical (unpaired) electrons. The molecule has 7 nitrogen and oxygen atoms in total. The Morgan fingerprint density at radius 1 is 1.09 bits per heavy atom. The Morgan fingerprint density at radius 3 is 2.67 bits per heavy atom. The first-order valence-corrected chi connectivity index (χ1v) is 11.1. The zero-order chi connectivity index (χ0) is 22.9. The summed E-state index contributed by atoms with van der Waals surface area (Å²) in [6, 6.07) is 16.2. The molecule has 1 aliphatic heterocycles. The summed E-state index contributed by atoms with van der Waals surface area (Å²) in [6.45, 7) is 3.96. The molecule has 2 aromatic carbocycles. The highest BCUT2D eigenvalue weighted by Gasteiger charge is 2.22. The molecule has 1 saturated heterocycles. The molecule has 1 aliphatic rings. The molecular formula is C26H27N5O2. The van der Waals surface area contributed by atoms with Gasteiger partial charge in [0.1, 0.15) is 11.6 Å². The van der Waals surface area contributed by atoms with Gasteiger partial charge in [-0.05, 0) is 73.5 Å². The van der Waals surface area contributed by atoms with Crippen LogP contribution in [0.2, 0.25) is 0 Å². The largest absolute Gasteiger partial charge is 0.497 e. The van der Waals surface area contributed by atoms with E-state index in [4.69, 9.17) is 4.74 Å². The fourth-order valence-corrected chi connectivity index (χ4v) is 4.48. The van der Waals surface area contributed by atoms with E-state index in [9.17, 15) is 4.79 Å². The zero-order valence-corrected chi connectivity index (χ0v) is 19.1. The van der Waals surface area contributed by atoms with Crippen LogP contribution in [0.4, 0.5) is 5.82 Å². The molecule has 0 amide bonds.